The minimum Gasteiger partial charge on any atom is -0.206 e. The fourth-order valence-corrected chi connectivity index (χ4v) is 5.21. The molecule has 0 saturated heterocycles. The molecule has 0 saturated carbocycles. The molecule has 0 amide bonds. The second kappa shape index (κ2) is 15.3. The summed E-state index contributed by atoms with van der Waals surface area (Å²) in [5, 5.41) is 1.52. The average Bonchev–Trinajstić information content (AvgIpc) is 2.97. The molecule has 0 unspecified atom stereocenters. The number of benzene rings is 4. The summed E-state index contributed by atoms with van der Waals surface area (Å²) in [5.41, 5.74) is 6.20. The van der Waals surface area contributed by atoms with E-state index < -0.39 is 0 Å². The van der Waals surface area contributed by atoms with Gasteiger partial charge >= 0.3 is 0 Å². The van der Waals surface area contributed by atoms with Crippen LogP contribution in [-0.2, 0) is 12.8 Å². The van der Waals surface area contributed by atoms with E-state index in [0.29, 0.717) is 10.9 Å². The first kappa shape index (κ1) is 28.6. The van der Waals surface area contributed by atoms with Gasteiger partial charge in [0.05, 0.1) is 0 Å². The maximum Gasteiger partial charge on any atom is 0.138 e. The van der Waals surface area contributed by atoms with Crippen molar-refractivity contribution in [2.24, 2.45) is 0 Å². The summed E-state index contributed by atoms with van der Waals surface area (Å²) in [7, 11) is 0. The van der Waals surface area contributed by atoms with Gasteiger partial charge in [-0.1, -0.05) is 132 Å². The Morgan fingerprint density at radius 1 is 0.538 bits per heavy atom. The second-order valence-electron chi connectivity index (χ2n) is 10.8. The van der Waals surface area contributed by atoms with E-state index in [1.54, 1.807) is 0 Å². The molecule has 0 radical (unpaired) electrons. The van der Waals surface area contributed by atoms with Crippen molar-refractivity contribution in [1.82, 2.24) is 0 Å². The summed E-state index contributed by atoms with van der Waals surface area (Å²) in [6, 6.07) is 26.7. The first-order chi connectivity index (χ1) is 19.2. The van der Waals surface area contributed by atoms with Gasteiger partial charge in [-0.2, -0.15) is 0 Å². The van der Waals surface area contributed by atoms with Gasteiger partial charge in [-0.25, -0.2) is 4.39 Å². The molecule has 4 aromatic carbocycles. The summed E-state index contributed by atoms with van der Waals surface area (Å²) >= 11 is 0. The first-order valence-electron chi connectivity index (χ1n) is 15.1. The van der Waals surface area contributed by atoms with Crippen LogP contribution in [0, 0.1) is 17.7 Å². The fourth-order valence-electron chi connectivity index (χ4n) is 5.21. The molecular formula is C38H43F. The Kier molecular flexibility index (Phi) is 11.2. The molecule has 0 aliphatic heterocycles. The predicted octanol–water partition coefficient (Wildman–Crippen LogP) is 11.1. The van der Waals surface area contributed by atoms with E-state index in [1.807, 2.05) is 30.3 Å². The standard InChI is InChI=1S/C38H43F/c1-3-5-7-9-11-13-30-15-17-32(18-16-30)19-20-33-23-27-37-35(29-33)26-28-36(38(37)39)34-24-21-31(22-25-34)14-12-10-8-6-4-2/h15-18,21-29H,3-14H2,1-2H3. The number of hydrogen-bond acceptors (Lipinski definition) is 0. The lowest BCUT2D eigenvalue weighted by Gasteiger charge is -2.09. The molecule has 39 heavy (non-hydrogen) atoms. The average molecular weight is 519 g/mol. The molecule has 0 N–H and O–H groups in total. The van der Waals surface area contributed by atoms with Gasteiger partial charge in [-0.15, -0.1) is 0 Å². The molecular weight excluding hydrogens is 475 g/mol. The quantitative estimate of drug-likeness (QED) is 0.122. The Labute approximate surface area is 235 Å². The van der Waals surface area contributed by atoms with Crippen LogP contribution in [0.2, 0.25) is 0 Å². The zero-order chi connectivity index (χ0) is 27.3. The minimum atomic E-state index is -0.162. The highest BCUT2D eigenvalue weighted by Gasteiger charge is 2.10. The van der Waals surface area contributed by atoms with Crippen LogP contribution in [0.25, 0.3) is 21.9 Å². The highest BCUT2D eigenvalue weighted by atomic mass is 19.1. The van der Waals surface area contributed by atoms with Crippen molar-refractivity contribution in [3.63, 3.8) is 0 Å². The van der Waals surface area contributed by atoms with E-state index in [1.165, 1.54) is 75.3 Å². The molecule has 0 heterocycles. The highest BCUT2D eigenvalue weighted by Crippen LogP contribution is 2.30. The van der Waals surface area contributed by atoms with Crippen molar-refractivity contribution in [3.05, 3.63) is 107 Å². The topological polar surface area (TPSA) is 0 Å². The lowest BCUT2D eigenvalue weighted by atomic mass is 9.97. The minimum absolute atomic E-state index is 0.162. The van der Waals surface area contributed by atoms with E-state index in [4.69, 9.17) is 0 Å². The first-order valence-corrected chi connectivity index (χ1v) is 15.1. The fraction of sp³-hybridized carbons (Fsp3) is 0.368. The highest BCUT2D eigenvalue weighted by molar-refractivity contribution is 5.89. The van der Waals surface area contributed by atoms with E-state index in [2.05, 4.69) is 74.2 Å². The van der Waals surface area contributed by atoms with Crippen LogP contribution in [0.5, 0.6) is 0 Å². The van der Waals surface area contributed by atoms with Crippen LogP contribution in [0.1, 0.15) is 100 Å². The lowest BCUT2D eigenvalue weighted by Crippen LogP contribution is -1.90. The number of hydrogen-bond donors (Lipinski definition) is 0. The Morgan fingerprint density at radius 3 is 1.69 bits per heavy atom. The van der Waals surface area contributed by atoms with Crippen molar-refractivity contribution < 1.29 is 4.39 Å². The number of unbranched alkanes of at least 4 members (excludes halogenated alkanes) is 8. The van der Waals surface area contributed by atoms with Gasteiger partial charge in [0.15, 0.2) is 0 Å². The van der Waals surface area contributed by atoms with E-state index in [9.17, 15) is 0 Å². The van der Waals surface area contributed by atoms with Gasteiger partial charge in [-0.05, 0) is 72.0 Å². The van der Waals surface area contributed by atoms with Gasteiger partial charge in [0.25, 0.3) is 0 Å². The SMILES string of the molecule is CCCCCCCc1ccc(C#Cc2ccc3c(F)c(-c4ccc(CCCCCCC)cc4)ccc3c2)cc1. The number of halogens is 1. The van der Waals surface area contributed by atoms with Gasteiger partial charge in [0, 0.05) is 22.1 Å². The smallest absolute Gasteiger partial charge is 0.138 e. The molecule has 0 bridgehead atoms. The van der Waals surface area contributed by atoms with Crippen molar-refractivity contribution in [3.8, 4) is 23.0 Å². The molecule has 0 aromatic heterocycles. The zero-order valence-corrected chi connectivity index (χ0v) is 23.9. The Balaban J connectivity index is 1.39. The Hall–Kier alpha value is -3.37. The summed E-state index contributed by atoms with van der Waals surface area (Å²) in [4.78, 5) is 0. The summed E-state index contributed by atoms with van der Waals surface area (Å²) in [6.45, 7) is 4.50. The van der Waals surface area contributed by atoms with Gasteiger partial charge in [-0.3, -0.25) is 0 Å². The molecule has 0 aliphatic rings. The Bertz CT molecular complexity index is 1370. The summed E-state index contributed by atoms with van der Waals surface area (Å²) < 4.78 is 15.5. The van der Waals surface area contributed by atoms with Crippen LogP contribution in [0.15, 0.2) is 78.9 Å². The monoisotopic (exact) mass is 518 g/mol. The van der Waals surface area contributed by atoms with Crippen molar-refractivity contribution in [2.75, 3.05) is 0 Å². The summed E-state index contributed by atoms with van der Waals surface area (Å²) in [5.74, 6) is 6.38. The molecule has 0 atom stereocenters. The lowest BCUT2D eigenvalue weighted by molar-refractivity contribution is 0.632. The Morgan fingerprint density at radius 2 is 1.08 bits per heavy atom. The van der Waals surface area contributed by atoms with E-state index in [0.717, 1.165) is 34.9 Å². The van der Waals surface area contributed by atoms with Crippen LogP contribution in [-0.4, -0.2) is 0 Å². The maximum absolute atomic E-state index is 15.5. The molecule has 0 fully saturated rings. The molecule has 0 nitrogen and oxygen atoms in total. The van der Waals surface area contributed by atoms with Crippen molar-refractivity contribution in [2.45, 2.75) is 90.9 Å². The number of rotatable bonds is 13. The predicted molar refractivity (Wildman–Crippen MR) is 167 cm³/mol. The van der Waals surface area contributed by atoms with Crippen LogP contribution < -0.4 is 0 Å². The molecule has 4 aromatic rings. The third-order valence-corrected chi connectivity index (χ3v) is 7.66. The van der Waals surface area contributed by atoms with Crippen molar-refractivity contribution in [1.29, 1.82) is 0 Å². The van der Waals surface area contributed by atoms with Gasteiger partial charge in [0.2, 0.25) is 0 Å². The largest absolute Gasteiger partial charge is 0.206 e. The van der Waals surface area contributed by atoms with Crippen LogP contribution in [0.3, 0.4) is 0 Å². The normalized spacial score (nSPS) is 10.9. The van der Waals surface area contributed by atoms with Gasteiger partial charge < -0.3 is 0 Å². The van der Waals surface area contributed by atoms with Crippen LogP contribution >= 0.6 is 0 Å². The van der Waals surface area contributed by atoms with Crippen LogP contribution in [0.4, 0.5) is 4.39 Å². The molecule has 0 spiro atoms. The molecule has 0 aliphatic carbocycles. The number of fused-ring (bicyclic) bond motifs is 1. The third kappa shape index (κ3) is 8.56. The van der Waals surface area contributed by atoms with E-state index >= 15 is 4.39 Å². The summed E-state index contributed by atoms with van der Waals surface area (Å²) in [6.07, 6.45) is 15.2. The zero-order valence-electron chi connectivity index (χ0n) is 23.9. The molecule has 1 heteroatoms. The number of aryl methyl sites for hydroxylation is 2. The van der Waals surface area contributed by atoms with Crippen molar-refractivity contribution >= 4 is 10.8 Å². The maximum atomic E-state index is 15.5. The third-order valence-electron chi connectivity index (χ3n) is 7.66. The molecule has 202 valence electrons. The van der Waals surface area contributed by atoms with Gasteiger partial charge in [0.1, 0.15) is 5.82 Å². The second-order valence-corrected chi connectivity index (χ2v) is 10.8. The molecule has 4 rings (SSSR count). The van der Waals surface area contributed by atoms with E-state index in [-0.39, 0.29) is 5.82 Å².